The molecule has 0 spiro atoms. The van der Waals surface area contributed by atoms with Crippen LogP contribution in [0.4, 0.5) is 0 Å². The first-order chi connectivity index (χ1) is 16.5. The van der Waals surface area contributed by atoms with Gasteiger partial charge in [0.25, 0.3) is 0 Å². The summed E-state index contributed by atoms with van der Waals surface area (Å²) in [5, 5.41) is 42.0. The van der Waals surface area contributed by atoms with Crippen LogP contribution in [-0.2, 0) is 23.7 Å². The summed E-state index contributed by atoms with van der Waals surface area (Å²) < 4.78 is 22.4. The van der Waals surface area contributed by atoms with Crippen LogP contribution in [0.25, 0.3) is 0 Å². The van der Waals surface area contributed by atoms with Crippen LogP contribution in [0.1, 0.15) is 83.1 Å². The Morgan fingerprint density at radius 1 is 1.11 bits per heavy atom. The topological polar surface area (TPSA) is 173 Å². The van der Waals surface area contributed by atoms with Gasteiger partial charge in [0.05, 0.1) is 25.4 Å². The molecule has 1 rings (SSSR count). The van der Waals surface area contributed by atoms with E-state index in [4.69, 9.17) is 24.7 Å². The van der Waals surface area contributed by atoms with Gasteiger partial charge in [0.15, 0.2) is 12.5 Å². The summed E-state index contributed by atoms with van der Waals surface area (Å²) in [5.41, 5.74) is 5.11. The average molecular weight is 531 g/mol. The van der Waals surface area contributed by atoms with Crippen LogP contribution in [-0.4, -0.2) is 101 Å². The second-order valence-corrected chi connectivity index (χ2v) is 7.91. The molecule has 0 bridgehead atoms. The molecule has 11 heteroatoms. The monoisotopic (exact) mass is 530 g/mol. The summed E-state index contributed by atoms with van der Waals surface area (Å²) in [5.74, 6) is -0.493. The number of rotatable bonds is 11. The highest BCUT2D eigenvalue weighted by molar-refractivity contribution is 5.73. The summed E-state index contributed by atoms with van der Waals surface area (Å²) in [6.07, 6.45) is -7.26. The van der Waals surface area contributed by atoms with Gasteiger partial charge in [-0.2, -0.15) is 0 Å². The first-order valence-electron chi connectivity index (χ1n) is 12.6. The van der Waals surface area contributed by atoms with Crippen molar-refractivity contribution in [2.75, 3.05) is 19.8 Å². The molecule has 2 unspecified atom stereocenters. The minimum absolute atomic E-state index is 0. The number of aliphatic hydroxyl groups excluding tert-OH is 4. The molecule has 1 aliphatic rings. The van der Waals surface area contributed by atoms with Gasteiger partial charge in [-0.1, -0.05) is 49.0 Å². The molecule has 11 nitrogen and oxygen atoms in total. The highest BCUT2D eigenvalue weighted by Gasteiger charge is 2.42. The summed E-state index contributed by atoms with van der Waals surface area (Å²) in [7, 11) is 0. The number of carbonyl (C=O) groups is 1. The first kappa shape index (κ1) is 42.2. The van der Waals surface area contributed by atoms with Gasteiger partial charge < -0.3 is 50.4 Å². The summed E-state index contributed by atoms with van der Waals surface area (Å²) >= 11 is 0. The van der Waals surface area contributed by atoms with E-state index in [9.17, 15) is 25.2 Å². The quantitative estimate of drug-likeness (QED) is 0.215. The first-order valence-corrected chi connectivity index (χ1v) is 12.6. The number of carbonyl (C=O) groups excluding carboxylic acids is 1. The van der Waals surface area contributed by atoms with E-state index in [2.05, 4.69) is 5.32 Å². The van der Waals surface area contributed by atoms with E-state index in [1.54, 1.807) is 20.8 Å². The molecule has 0 radical (unpaired) electrons. The van der Waals surface area contributed by atoms with Gasteiger partial charge in [-0.05, 0) is 26.8 Å². The Bertz CT molecular complexity index is 482. The number of amides is 1. The van der Waals surface area contributed by atoms with Gasteiger partial charge in [0.2, 0.25) is 5.91 Å². The predicted molar refractivity (Wildman–Crippen MR) is 142 cm³/mol. The zero-order valence-corrected chi connectivity index (χ0v) is 23.4. The van der Waals surface area contributed by atoms with E-state index in [0.717, 1.165) is 0 Å². The molecule has 1 saturated heterocycles. The van der Waals surface area contributed by atoms with Crippen LogP contribution >= 0.6 is 0 Å². The van der Waals surface area contributed by atoms with Gasteiger partial charge in [-0.3, -0.25) is 4.79 Å². The van der Waals surface area contributed by atoms with Crippen LogP contribution in [0.5, 0.6) is 0 Å². The van der Waals surface area contributed by atoms with Gasteiger partial charge in [-0.15, -0.1) is 0 Å². The van der Waals surface area contributed by atoms with Gasteiger partial charge in [0.1, 0.15) is 24.4 Å². The molecular weight excluding hydrogens is 472 g/mol. The van der Waals surface area contributed by atoms with Crippen LogP contribution in [0.15, 0.2) is 0 Å². The summed E-state index contributed by atoms with van der Waals surface area (Å²) in [6, 6.07) is 0.333. The Kier molecular flexibility index (Phi) is 30.2. The lowest BCUT2D eigenvalue weighted by Gasteiger charge is -2.41. The van der Waals surface area contributed by atoms with Crippen LogP contribution in [0, 0.1) is 0 Å². The molecule has 0 saturated carbocycles. The van der Waals surface area contributed by atoms with E-state index >= 15 is 0 Å². The maximum Gasteiger partial charge on any atom is 0.218 e. The third kappa shape index (κ3) is 19.3. The lowest BCUT2D eigenvalue weighted by molar-refractivity contribution is -0.299. The second kappa shape index (κ2) is 25.7. The van der Waals surface area contributed by atoms with Crippen molar-refractivity contribution >= 4 is 5.91 Å². The molecule has 0 aromatic heterocycles. The summed E-state index contributed by atoms with van der Waals surface area (Å²) in [4.78, 5) is 11.3. The lowest BCUT2D eigenvalue weighted by atomic mass is 10.0. The van der Waals surface area contributed by atoms with Crippen molar-refractivity contribution in [2.24, 2.45) is 5.73 Å². The maximum absolute atomic E-state index is 11.3. The smallest absolute Gasteiger partial charge is 0.218 e. The van der Waals surface area contributed by atoms with Gasteiger partial charge in [0, 0.05) is 20.0 Å². The van der Waals surface area contributed by atoms with Crippen molar-refractivity contribution in [3.63, 3.8) is 0 Å². The zero-order valence-electron chi connectivity index (χ0n) is 23.4. The van der Waals surface area contributed by atoms with Crippen molar-refractivity contribution in [1.82, 2.24) is 5.32 Å². The van der Waals surface area contributed by atoms with Crippen LogP contribution in [0.3, 0.4) is 0 Å². The Morgan fingerprint density at radius 2 is 1.61 bits per heavy atom. The lowest BCUT2D eigenvalue weighted by Crippen LogP contribution is -2.57. The standard InChI is InChI=1S/C17H33NO9.C3H9N.2C2H6.CH4/c1-5-24-12(7-19)16(17(23)18-10(4)21)27-14-6-11(22)15(25-9(2)3)13(8-20)26-14;1-3(2)4;2*1-2;/h9,11-17,19-20,22-23H,5-8H2,1-4H3,(H,18,21);3H,4H2,1-2H3;2*1-2H3;1H4/t11-,12-,13-,14+,15?,16?,17+;;;;/m1..../s1. The third-order valence-electron chi connectivity index (χ3n) is 4.01. The Balaban J connectivity index is -0.000000504. The fourth-order valence-electron chi connectivity index (χ4n) is 2.93. The summed E-state index contributed by atoms with van der Waals surface area (Å²) in [6.45, 7) is 17.8. The predicted octanol–water partition coefficient (Wildman–Crippen LogP) is 1.53. The van der Waals surface area contributed by atoms with Crippen LogP contribution < -0.4 is 11.1 Å². The molecule has 0 aromatic rings. The molecule has 1 fully saturated rings. The molecule has 7 N–H and O–H groups in total. The number of ether oxygens (including phenoxy) is 4. The molecule has 36 heavy (non-hydrogen) atoms. The Labute approximate surface area is 219 Å². The Hall–Kier alpha value is -0.890. The SMILES string of the molecule is C.CC.CC.CC(C)N.CCO[C@H](CO)C(O[C@H]1C[C@@H](O)C(OC(C)C)[C@@H](CO)O1)[C@H](O)NC(C)=O. The minimum atomic E-state index is -1.47. The van der Waals surface area contributed by atoms with E-state index in [1.807, 2.05) is 41.5 Å². The largest absolute Gasteiger partial charge is 0.394 e. The molecule has 1 heterocycles. The molecular formula is C25H58N2O9. The van der Waals surface area contributed by atoms with Crippen molar-refractivity contribution in [2.45, 2.75) is 138 Å². The second-order valence-electron chi connectivity index (χ2n) is 7.91. The molecule has 1 aliphatic heterocycles. The van der Waals surface area contributed by atoms with E-state index in [1.165, 1.54) is 6.92 Å². The normalized spacial score (nSPS) is 23.4. The van der Waals surface area contributed by atoms with Gasteiger partial charge >= 0.3 is 0 Å². The zero-order chi connectivity index (χ0) is 28.1. The van der Waals surface area contributed by atoms with E-state index in [0.29, 0.717) is 6.04 Å². The van der Waals surface area contributed by atoms with Crippen molar-refractivity contribution in [1.29, 1.82) is 0 Å². The number of nitrogens with one attached hydrogen (secondary N) is 1. The minimum Gasteiger partial charge on any atom is -0.394 e. The molecule has 222 valence electrons. The molecule has 0 aliphatic carbocycles. The van der Waals surface area contributed by atoms with Gasteiger partial charge in [-0.25, -0.2) is 0 Å². The third-order valence-corrected chi connectivity index (χ3v) is 4.01. The number of hydrogen-bond acceptors (Lipinski definition) is 10. The fraction of sp³-hybridized carbons (Fsp3) is 0.960. The Morgan fingerprint density at radius 3 is 1.97 bits per heavy atom. The highest BCUT2D eigenvalue weighted by Crippen LogP contribution is 2.26. The van der Waals surface area contributed by atoms with Crippen LogP contribution in [0.2, 0.25) is 0 Å². The number of hydrogen-bond donors (Lipinski definition) is 6. The number of nitrogens with two attached hydrogens (primary N) is 1. The van der Waals surface area contributed by atoms with E-state index in [-0.39, 0.29) is 26.6 Å². The fourth-order valence-corrected chi connectivity index (χ4v) is 2.93. The molecule has 0 aromatic carbocycles. The van der Waals surface area contributed by atoms with Crippen molar-refractivity contribution in [3.05, 3.63) is 0 Å². The van der Waals surface area contributed by atoms with Crippen molar-refractivity contribution in [3.8, 4) is 0 Å². The maximum atomic E-state index is 11.3. The molecule has 7 atom stereocenters. The van der Waals surface area contributed by atoms with Crippen molar-refractivity contribution < 1.29 is 44.2 Å². The highest BCUT2D eigenvalue weighted by atomic mass is 16.7. The average Bonchev–Trinajstić information content (AvgIpc) is 2.79. The number of aliphatic hydroxyl groups is 4. The molecule has 1 amide bonds. The van der Waals surface area contributed by atoms with E-state index < -0.39 is 62.2 Å².